The maximum Gasteiger partial charge on any atom is 0.0434 e. The standard InChI is InChI=1S/C13H29N3O/c1-3-13(4-11-17)12-14-5-6-16-9-7-15(2)8-10-16/h13-14,17H,3-12H2,1-2H3. The fourth-order valence-electron chi connectivity index (χ4n) is 2.25. The third kappa shape index (κ3) is 6.36. The zero-order valence-electron chi connectivity index (χ0n) is 11.5. The summed E-state index contributed by atoms with van der Waals surface area (Å²) in [4.78, 5) is 4.91. The molecule has 1 atom stereocenters. The molecule has 4 nitrogen and oxygen atoms in total. The highest BCUT2D eigenvalue weighted by Gasteiger charge is 2.12. The summed E-state index contributed by atoms with van der Waals surface area (Å²) in [7, 11) is 2.19. The summed E-state index contributed by atoms with van der Waals surface area (Å²) in [5.41, 5.74) is 0. The number of rotatable bonds is 8. The Bertz CT molecular complexity index is 182. The average molecular weight is 243 g/mol. The van der Waals surface area contributed by atoms with Crippen LogP contribution in [0.5, 0.6) is 0 Å². The Labute approximate surface area is 106 Å². The van der Waals surface area contributed by atoms with Crippen molar-refractivity contribution in [3.05, 3.63) is 0 Å². The molecule has 0 aromatic carbocycles. The van der Waals surface area contributed by atoms with Crippen LogP contribution in [0, 0.1) is 5.92 Å². The number of aliphatic hydroxyl groups excluding tert-OH is 1. The highest BCUT2D eigenvalue weighted by Crippen LogP contribution is 2.05. The van der Waals surface area contributed by atoms with Crippen LogP contribution in [0.3, 0.4) is 0 Å². The number of hydrogen-bond acceptors (Lipinski definition) is 4. The Morgan fingerprint density at radius 2 is 1.94 bits per heavy atom. The summed E-state index contributed by atoms with van der Waals surface area (Å²) in [5.74, 6) is 0.632. The minimum atomic E-state index is 0.318. The molecule has 0 amide bonds. The summed E-state index contributed by atoms with van der Waals surface area (Å²) >= 11 is 0. The van der Waals surface area contributed by atoms with E-state index >= 15 is 0 Å². The first kappa shape index (κ1) is 14.9. The molecule has 1 heterocycles. The van der Waals surface area contributed by atoms with Crippen LogP contribution in [-0.2, 0) is 0 Å². The molecule has 1 aliphatic rings. The van der Waals surface area contributed by atoms with Crippen LogP contribution in [-0.4, -0.2) is 74.4 Å². The molecular weight excluding hydrogens is 214 g/mol. The van der Waals surface area contributed by atoms with Crippen molar-refractivity contribution in [2.45, 2.75) is 19.8 Å². The van der Waals surface area contributed by atoms with E-state index in [2.05, 4.69) is 29.1 Å². The second kappa shape index (κ2) is 8.86. The molecule has 0 aliphatic carbocycles. The van der Waals surface area contributed by atoms with E-state index in [0.29, 0.717) is 12.5 Å². The predicted molar refractivity (Wildman–Crippen MR) is 72.3 cm³/mol. The Morgan fingerprint density at radius 3 is 2.53 bits per heavy atom. The van der Waals surface area contributed by atoms with Gasteiger partial charge in [0.05, 0.1) is 0 Å². The molecule has 1 rings (SSSR count). The van der Waals surface area contributed by atoms with Gasteiger partial charge in [0.25, 0.3) is 0 Å². The van der Waals surface area contributed by atoms with Gasteiger partial charge < -0.3 is 15.3 Å². The van der Waals surface area contributed by atoms with Crippen LogP contribution >= 0.6 is 0 Å². The normalized spacial score (nSPS) is 20.6. The van der Waals surface area contributed by atoms with Crippen molar-refractivity contribution < 1.29 is 5.11 Å². The van der Waals surface area contributed by atoms with Crippen molar-refractivity contribution in [2.75, 3.05) is 59.5 Å². The van der Waals surface area contributed by atoms with Crippen LogP contribution in [0.15, 0.2) is 0 Å². The molecule has 102 valence electrons. The van der Waals surface area contributed by atoms with E-state index in [4.69, 9.17) is 5.11 Å². The molecule has 2 N–H and O–H groups in total. The minimum absolute atomic E-state index is 0.318. The number of likely N-dealkylation sites (N-methyl/N-ethyl adjacent to an activating group) is 1. The molecule has 0 aromatic rings. The third-order valence-electron chi connectivity index (χ3n) is 3.75. The molecule has 4 heteroatoms. The lowest BCUT2D eigenvalue weighted by Gasteiger charge is -2.32. The molecule has 1 unspecified atom stereocenters. The van der Waals surface area contributed by atoms with Crippen molar-refractivity contribution in [3.8, 4) is 0 Å². The monoisotopic (exact) mass is 243 g/mol. The van der Waals surface area contributed by atoms with Crippen LogP contribution in [0.1, 0.15) is 19.8 Å². The lowest BCUT2D eigenvalue weighted by Crippen LogP contribution is -2.46. The van der Waals surface area contributed by atoms with Gasteiger partial charge >= 0.3 is 0 Å². The van der Waals surface area contributed by atoms with Crippen LogP contribution in [0.2, 0.25) is 0 Å². The summed E-state index contributed by atoms with van der Waals surface area (Å²) in [5, 5.41) is 12.4. The molecule has 0 radical (unpaired) electrons. The number of nitrogens with one attached hydrogen (secondary N) is 1. The third-order valence-corrected chi connectivity index (χ3v) is 3.75. The first-order chi connectivity index (χ1) is 8.26. The average Bonchev–Trinajstić information content (AvgIpc) is 2.35. The van der Waals surface area contributed by atoms with E-state index in [-0.39, 0.29) is 0 Å². The molecule has 17 heavy (non-hydrogen) atoms. The molecule has 1 fully saturated rings. The van der Waals surface area contributed by atoms with Gasteiger partial charge in [-0.05, 0) is 25.9 Å². The fraction of sp³-hybridized carbons (Fsp3) is 1.00. The van der Waals surface area contributed by atoms with Crippen molar-refractivity contribution in [2.24, 2.45) is 5.92 Å². The Balaban J connectivity index is 1.99. The van der Waals surface area contributed by atoms with E-state index in [1.165, 1.54) is 26.2 Å². The molecule has 0 bridgehead atoms. The summed E-state index contributed by atoms with van der Waals surface area (Å²) in [6.07, 6.45) is 2.08. The molecule has 0 saturated carbocycles. The quantitative estimate of drug-likeness (QED) is 0.599. The van der Waals surface area contributed by atoms with Gasteiger partial charge in [0.1, 0.15) is 0 Å². The number of aliphatic hydroxyl groups is 1. The lowest BCUT2D eigenvalue weighted by atomic mass is 10.0. The van der Waals surface area contributed by atoms with Crippen molar-refractivity contribution in [1.29, 1.82) is 0 Å². The summed E-state index contributed by atoms with van der Waals surface area (Å²) in [6.45, 7) is 10.6. The minimum Gasteiger partial charge on any atom is -0.396 e. The van der Waals surface area contributed by atoms with Gasteiger partial charge in [-0.25, -0.2) is 0 Å². The second-order valence-corrected chi connectivity index (χ2v) is 5.14. The van der Waals surface area contributed by atoms with Crippen LogP contribution in [0.4, 0.5) is 0 Å². The second-order valence-electron chi connectivity index (χ2n) is 5.14. The molecule has 0 spiro atoms. The van der Waals surface area contributed by atoms with Gasteiger partial charge in [-0.2, -0.15) is 0 Å². The molecular formula is C13H29N3O. The van der Waals surface area contributed by atoms with E-state index in [0.717, 1.165) is 32.5 Å². The zero-order chi connectivity index (χ0) is 12.5. The van der Waals surface area contributed by atoms with E-state index in [9.17, 15) is 0 Å². The van der Waals surface area contributed by atoms with Gasteiger partial charge in [0.15, 0.2) is 0 Å². The maximum absolute atomic E-state index is 8.91. The highest BCUT2D eigenvalue weighted by atomic mass is 16.3. The van der Waals surface area contributed by atoms with Gasteiger partial charge in [0.2, 0.25) is 0 Å². The Morgan fingerprint density at radius 1 is 1.24 bits per heavy atom. The first-order valence-electron chi connectivity index (χ1n) is 6.98. The lowest BCUT2D eigenvalue weighted by molar-refractivity contribution is 0.154. The Kier molecular flexibility index (Phi) is 7.77. The fourth-order valence-corrected chi connectivity index (χ4v) is 2.25. The predicted octanol–water partition coefficient (Wildman–Crippen LogP) is 0.232. The van der Waals surface area contributed by atoms with Crippen LogP contribution in [0.25, 0.3) is 0 Å². The largest absolute Gasteiger partial charge is 0.396 e. The van der Waals surface area contributed by atoms with Crippen molar-refractivity contribution in [1.82, 2.24) is 15.1 Å². The van der Waals surface area contributed by atoms with Crippen LogP contribution < -0.4 is 5.32 Å². The first-order valence-corrected chi connectivity index (χ1v) is 6.98. The molecule has 1 aliphatic heterocycles. The van der Waals surface area contributed by atoms with Gasteiger partial charge in [0, 0.05) is 45.9 Å². The summed E-state index contributed by atoms with van der Waals surface area (Å²) < 4.78 is 0. The molecule has 1 saturated heterocycles. The Hall–Kier alpha value is -0.160. The van der Waals surface area contributed by atoms with E-state index in [1.807, 2.05) is 0 Å². The topological polar surface area (TPSA) is 38.7 Å². The van der Waals surface area contributed by atoms with Gasteiger partial charge in [-0.15, -0.1) is 0 Å². The number of nitrogens with zero attached hydrogens (tertiary/aromatic N) is 2. The number of piperazine rings is 1. The summed E-state index contributed by atoms with van der Waals surface area (Å²) in [6, 6.07) is 0. The van der Waals surface area contributed by atoms with Gasteiger partial charge in [-0.1, -0.05) is 13.3 Å². The van der Waals surface area contributed by atoms with E-state index in [1.54, 1.807) is 0 Å². The smallest absolute Gasteiger partial charge is 0.0434 e. The maximum atomic E-state index is 8.91. The van der Waals surface area contributed by atoms with Crippen molar-refractivity contribution >= 4 is 0 Å². The van der Waals surface area contributed by atoms with E-state index < -0.39 is 0 Å². The highest BCUT2D eigenvalue weighted by molar-refractivity contribution is 4.70. The zero-order valence-corrected chi connectivity index (χ0v) is 11.5. The number of hydrogen-bond donors (Lipinski definition) is 2. The van der Waals surface area contributed by atoms with Crippen molar-refractivity contribution in [3.63, 3.8) is 0 Å². The SMILES string of the molecule is CCC(CCO)CNCCN1CCN(C)CC1. The van der Waals surface area contributed by atoms with Gasteiger partial charge in [-0.3, -0.25) is 4.90 Å². The molecule has 0 aromatic heterocycles.